The van der Waals surface area contributed by atoms with Crippen LogP contribution in [-0.4, -0.2) is 29.8 Å². The molecule has 1 saturated heterocycles. The molecule has 68 valence electrons. The van der Waals surface area contributed by atoms with Gasteiger partial charge in [0.25, 0.3) is 0 Å². The van der Waals surface area contributed by atoms with Crippen LogP contribution in [0.25, 0.3) is 0 Å². The Morgan fingerprint density at radius 1 is 1.67 bits per heavy atom. The second kappa shape index (κ2) is 4.41. The molecule has 1 aliphatic rings. The van der Waals surface area contributed by atoms with Gasteiger partial charge in [0, 0.05) is 6.04 Å². The van der Waals surface area contributed by atoms with Crippen molar-refractivity contribution < 1.29 is 4.79 Å². The van der Waals surface area contributed by atoms with Gasteiger partial charge in [-0.25, -0.2) is 0 Å². The molecule has 0 radical (unpaired) electrons. The van der Waals surface area contributed by atoms with Gasteiger partial charge in [-0.05, 0) is 38.9 Å². The van der Waals surface area contributed by atoms with Crippen LogP contribution in [0.15, 0.2) is 12.2 Å². The fourth-order valence-corrected chi connectivity index (χ4v) is 1.71. The molecule has 0 aromatic carbocycles. The van der Waals surface area contributed by atoms with Gasteiger partial charge in [0.2, 0.25) is 0 Å². The predicted octanol–water partition coefficient (Wildman–Crippen LogP) is 1.62. The van der Waals surface area contributed by atoms with Crippen molar-refractivity contribution >= 4 is 5.78 Å². The third-order valence-electron chi connectivity index (χ3n) is 2.37. The van der Waals surface area contributed by atoms with Gasteiger partial charge >= 0.3 is 0 Å². The third kappa shape index (κ3) is 2.45. The Morgan fingerprint density at radius 3 is 3.00 bits per heavy atom. The summed E-state index contributed by atoms with van der Waals surface area (Å²) in [5.41, 5.74) is 0. The highest BCUT2D eigenvalue weighted by Crippen LogP contribution is 2.17. The van der Waals surface area contributed by atoms with Gasteiger partial charge in [-0.2, -0.15) is 0 Å². The Kier molecular flexibility index (Phi) is 3.48. The fourth-order valence-electron chi connectivity index (χ4n) is 1.71. The van der Waals surface area contributed by atoms with E-state index < -0.39 is 0 Å². The van der Waals surface area contributed by atoms with Crippen LogP contribution in [0.5, 0.6) is 0 Å². The molecule has 1 aliphatic heterocycles. The highest BCUT2D eigenvalue weighted by atomic mass is 16.1. The first kappa shape index (κ1) is 9.46. The lowest BCUT2D eigenvalue weighted by Gasteiger charge is -2.18. The van der Waals surface area contributed by atoms with Crippen LogP contribution in [0.4, 0.5) is 0 Å². The summed E-state index contributed by atoms with van der Waals surface area (Å²) in [5, 5.41) is 0. The third-order valence-corrected chi connectivity index (χ3v) is 2.37. The Labute approximate surface area is 74.2 Å². The minimum atomic E-state index is 0.151. The zero-order valence-corrected chi connectivity index (χ0v) is 7.92. The molecule has 0 aliphatic carbocycles. The molecule has 12 heavy (non-hydrogen) atoms. The SMILES string of the molecule is CCN1CCC[C@H]1/C=C/C(C)=O. The lowest BCUT2D eigenvalue weighted by molar-refractivity contribution is -0.112. The molecule has 0 aromatic heterocycles. The van der Waals surface area contributed by atoms with Crippen molar-refractivity contribution in [2.45, 2.75) is 32.7 Å². The molecule has 1 heterocycles. The number of hydrogen-bond donors (Lipinski definition) is 0. The van der Waals surface area contributed by atoms with Crippen molar-refractivity contribution in [3.05, 3.63) is 12.2 Å². The maximum atomic E-state index is 10.7. The van der Waals surface area contributed by atoms with Crippen molar-refractivity contribution in [2.24, 2.45) is 0 Å². The average molecular weight is 167 g/mol. The zero-order valence-electron chi connectivity index (χ0n) is 7.92. The van der Waals surface area contributed by atoms with Gasteiger partial charge < -0.3 is 0 Å². The first-order valence-electron chi connectivity index (χ1n) is 4.67. The number of rotatable bonds is 3. The standard InChI is InChI=1S/C10H17NO/c1-3-11-8-4-5-10(11)7-6-9(2)12/h6-7,10H,3-5,8H2,1-2H3/b7-6+/t10-/m0/s1. The number of ketones is 1. The van der Waals surface area contributed by atoms with E-state index in [1.165, 1.54) is 19.4 Å². The first-order chi connectivity index (χ1) is 5.74. The van der Waals surface area contributed by atoms with E-state index in [-0.39, 0.29) is 5.78 Å². The summed E-state index contributed by atoms with van der Waals surface area (Å²) in [6.07, 6.45) is 6.20. The lowest BCUT2D eigenvalue weighted by atomic mass is 10.2. The largest absolute Gasteiger partial charge is 0.297 e. The van der Waals surface area contributed by atoms with Crippen LogP contribution in [0, 0.1) is 0 Å². The summed E-state index contributed by atoms with van der Waals surface area (Å²) in [7, 11) is 0. The summed E-state index contributed by atoms with van der Waals surface area (Å²) >= 11 is 0. The van der Waals surface area contributed by atoms with Gasteiger partial charge in [0.1, 0.15) is 0 Å². The van der Waals surface area contributed by atoms with Gasteiger partial charge in [-0.15, -0.1) is 0 Å². The first-order valence-corrected chi connectivity index (χ1v) is 4.67. The van der Waals surface area contributed by atoms with Crippen LogP contribution >= 0.6 is 0 Å². The van der Waals surface area contributed by atoms with E-state index in [0.717, 1.165) is 6.54 Å². The summed E-state index contributed by atoms with van der Waals surface area (Å²) in [4.78, 5) is 13.1. The molecule has 0 N–H and O–H groups in total. The van der Waals surface area contributed by atoms with Gasteiger partial charge in [-0.1, -0.05) is 13.0 Å². The van der Waals surface area contributed by atoms with Crippen molar-refractivity contribution in [1.82, 2.24) is 4.90 Å². The highest BCUT2D eigenvalue weighted by Gasteiger charge is 2.19. The summed E-state index contributed by atoms with van der Waals surface area (Å²) in [6, 6.07) is 0.513. The molecule has 2 nitrogen and oxygen atoms in total. The predicted molar refractivity (Wildman–Crippen MR) is 50.1 cm³/mol. The van der Waals surface area contributed by atoms with Crippen molar-refractivity contribution in [3.63, 3.8) is 0 Å². The highest BCUT2D eigenvalue weighted by molar-refractivity contribution is 5.87. The van der Waals surface area contributed by atoms with Crippen LogP contribution in [0.3, 0.4) is 0 Å². The monoisotopic (exact) mass is 167 g/mol. The number of allylic oxidation sites excluding steroid dienone is 1. The second-order valence-electron chi connectivity index (χ2n) is 3.31. The summed E-state index contributed by atoms with van der Waals surface area (Å²) in [6.45, 7) is 6.04. The Bertz CT molecular complexity index is 186. The topological polar surface area (TPSA) is 20.3 Å². The molecular weight excluding hydrogens is 150 g/mol. The van der Waals surface area contributed by atoms with E-state index in [9.17, 15) is 4.79 Å². The molecule has 0 spiro atoms. The maximum Gasteiger partial charge on any atom is 0.152 e. The number of carbonyl (C=O) groups excluding carboxylic acids is 1. The Morgan fingerprint density at radius 2 is 2.42 bits per heavy atom. The van der Waals surface area contributed by atoms with E-state index >= 15 is 0 Å². The van der Waals surface area contributed by atoms with Gasteiger partial charge in [0.15, 0.2) is 5.78 Å². The number of hydrogen-bond acceptors (Lipinski definition) is 2. The van der Waals surface area contributed by atoms with Crippen LogP contribution in [0.1, 0.15) is 26.7 Å². The van der Waals surface area contributed by atoms with E-state index in [0.29, 0.717) is 6.04 Å². The number of likely N-dealkylation sites (N-methyl/N-ethyl adjacent to an activating group) is 1. The molecule has 1 atom stereocenters. The number of likely N-dealkylation sites (tertiary alicyclic amines) is 1. The van der Waals surface area contributed by atoms with Gasteiger partial charge in [0.05, 0.1) is 0 Å². The minimum Gasteiger partial charge on any atom is -0.297 e. The minimum absolute atomic E-state index is 0.151. The van der Waals surface area contributed by atoms with Crippen molar-refractivity contribution in [2.75, 3.05) is 13.1 Å². The van der Waals surface area contributed by atoms with E-state index in [1.54, 1.807) is 13.0 Å². The number of carbonyl (C=O) groups is 1. The molecule has 1 rings (SSSR count). The molecule has 0 bridgehead atoms. The van der Waals surface area contributed by atoms with Crippen LogP contribution < -0.4 is 0 Å². The van der Waals surface area contributed by atoms with Crippen LogP contribution in [0.2, 0.25) is 0 Å². The molecule has 0 saturated carbocycles. The Hall–Kier alpha value is -0.630. The Balaban J connectivity index is 2.45. The lowest BCUT2D eigenvalue weighted by Crippen LogP contribution is -2.27. The normalized spacial score (nSPS) is 25.3. The molecule has 1 fully saturated rings. The molecule has 0 aromatic rings. The number of nitrogens with zero attached hydrogens (tertiary/aromatic N) is 1. The van der Waals surface area contributed by atoms with E-state index in [1.807, 2.05) is 6.08 Å². The summed E-state index contributed by atoms with van der Waals surface area (Å²) in [5.74, 6) is 0.151. The van der Waals surface area contributed by atoms with E-state index in [2.05, 4.69) is 11.8 Å². The maximum absolute atomic E-state index is 10.7. The van der Waals surface area contributed by atoms with Crippen LogP contribution in [-0.2, 0) is 4.79 Å². The second-order valence-corrected chi connectivity index (χ2v) is 3.31. The van der Waals surface area contributed by atoms with Gasteiger partial charge in [-0.3, -0.25) is 9.69 Å². The molecule has 0 amide bonds. The molecular formula is C10H17NO. The zero-order chi connectivity index (χ0) is 8.97. The van der Waals surface area contributed by atoms with E-state index in [4.69, 9.17) is 0 Å². The summed E-state index contributed by atoms with van der Waals surface area (Å²) < 4.78 is 0. The molecule has 0 unspecified atom stereocenters. The average Bonchev–Trinajstić information content (AvgIpc) is 2.47. The van der Waals surface area contributed by atoms with Crippen molar-refractivity contribution in [1.29, 1.82) is 0 Å². The quantitative estimate of drug-likeness (QED) is 0.595. The molecule has 2 heteroatoms. The fraction of sp³-hybridized carbons (Fsp3) is 0.700. The smallest absolute Gasteiger partial charge is 0.152 e. The van der Waals surface area contributed by atoms with Crippen molar-refractivity contribution in [3.8, 4) is 0 Å².